The normalized spacial score (nSPS) is 3.18. The summed E-state index contributed by atoms with van der Waals surface area (Å²) in [5.74, 6) is 0. The molecule has 96 valence electrons. The van der Waals surface area contributed by atoms with Crippen molar-refractivity contribution >= 4 is 128 Å². The summed E-state index contributed by atoms with van der Waals surface area (Å²) in [5.41, 5.74) is 0. The molecule has 12 nitrogen and oxygen atoms in total. The van der Waals surface area contributed by atoms with Gasteiger partial charge in [0.1, 0.15) is 0 Å². The van der Waals surface area contributed by atoms with Crippen molar-refractivity contribution in [3.63, 3.8) is 0 Å². The minimum atomic E-state index is -2.92. The maximum atomic E-state index is 8.42. The van der Waals surface area contributed by atoms with Gasteiger partial charge in [0.15, 0.2) is 0 Å². The molecule has 0 aliphatic rings. The molecule has 0 saturated carbocycles. The van der Waals surface area contributed by atoms with Crippen molar-refractivity contribution in [1.82, 2.24) is 0 Å². The third kappa shape index (κ3) is 502. The van der Waals surface area contributed by atoms with Crippen LogP contribution in [0.3, 0.4) is 0 Å². The van der Waals surface area contributed by atoms with E-state index in [1.165, 1.54) is 0 Å². The molecule has 0 bridgehead atoms. The van der Waals surface area contributed by atoms with Crippen LogP contribution < -0.4 is 30.1 Å². The summed E-state index contributed by atoms with van der Waals surface area (Å²) in [4.78, 5) is 0. The van der Waals surface area contributed by atoms with Gasteiger partial charge in [0, 0.05) is 0 Å². The summed E-state index contributed by atoms with van der Waals surface area (Å²) >= 11 is 0. The molecule has 0 aromatic rings. The maximum absolute atomic E-state index is 8.42. The first kappa shape index (κ1) is 86.7. The zero-order valence-corrected chi connectivity index (χ0v) is 15.4. The summed E-state index contributed by atoms with van der Waals surface area (Å²) in [5, 5.41) is 50.5. The van der Waals surface area contributed by atoms with Gasteiger partial charge >= 0.3 is 113 Å². The van der Waals surface area contributed by atoms with Gasteiger partial charge in [0.2, 0.25) is 0 Å². The zero-order valence-electron chi connectivity index (χ0n) is 8.73. The van der Waals surface area contributed by atoms with E-state index in [1.807, 2.05) is 0 Å². The van der Waals surface area contributed by atoms with E-state index in [0.717, 1.165) is 0 Å². The Morgan fingerprint density at radius 1 is 0.353 bits per heavy atom. The Morgan fingerprint density at radius 3 is 0.353 bits per heavy atom. The first-order chi connectivity index (χ1) is 3.46. The van der Waals surface area contributed by atoms with Gasteiger partial charge in [0.05, 0.1) is 0 Å². The molecule has 0 heterocycles. The predicted octanol–water partition coefficient (Wildman–Crippen LogP) is -14.0. The molecule has 0 aromatic heterocycles. The molecule has 0 aromatic carbocycles. The summed E-state index contributed by atoms with van der Waals surface area (Å²) < 4.78 is 0. The van der Waals surface area contributed by atoms with Gasteiger partial charge in [0.25, 0.3) is 0 Å². The molecule has 0 radical (unpaired) electrons. The second kappa shape index (κ2) is 74.2. The van der Waals surface area contributed by atoms with Crippen LogP contribution in [0.2, 0.25) is 0 Å². The van der Waals surface area contributed by atoms with Crippen LogP contribution in [0.4, 0.5) is 0 Å². The summed E-state index contributed by atoms with van der Waals surface area (Å²) in [6.45, 7) is 0. The minimum Gasteiger partial charge on any atom is -0.907 e. The van der Waals surface area contributed by atoms with Crippen LogP contribution in [-0.4, -0.2) is 161 Å². The van der Waals surface area contributed by atoms with Gasteiger partial charge < -0.3 is 63.0 Å². The van der Waals surface area contributed by atoms with E-state index < -0.39 is 14.6 Å². The van der Waals surface area contributed by atoms with Crippen LogP contribution in [0.1, 0.15) is 0 Å². The molecule has 0 unspecified atom stereocenters. The molecule has 0 aliphatic heterocycles. The molecule has 17 heavy (non-hydrogen) atoms. The van der Waals surface area contributed by atoms with Crippen LogP contribution in [-0.2, 0) is 0 Å². The molecule has 0 saturated heterocycles. The van der Waals surface area contributed by atoms with Crippen molar-refractivity contribution < 1.29 is 63.0 Å². The molecule has 0 spiro atoms. The van der Waals surface area contributed by atoms with E-state index in [-0.39, 0.29) is 146 Å². The van der Waals surface area contributed by atoms with Crippen LogP contribution in [0.25, 0.3) is 0 Å². The molecule has 0 rings (SSSR count). The summed E-state index contributed by atoms with van der Waals surface area (Å²) in [6.07, 6.45) is 0. The van der Waals surface area contributed by atoms with Crippen molar-refractivity contribution in [2.45, 2.75) is 0 Å². The van der Waals surface area contributed by atoms with Gasteiger partial charge in [-0.1, -0.05) is 0 Å². The van der Waals surface area contributed by atoms with E-state index in [1.54, 1.807) is 0 Å². The van der Waals surface area contributed by atoms with Crippen molar-refractivity contribution in [3.05, 3.63) is 0 Å². The maximum Gasteiger partial charge on any atom is 2.00 e. The Morgan fingerprint density at radius 2 is 0.353 bits per heavy atom. The van der Waals surface area contributed by atoms with Crippen LogP contribution in [0.15, 0.2) is 0 Å². The fourth-order valence-corrected chi connectivity index (χ4v) is 0. The van der Waals surface area contributed by atoms with E-state index in [2.05, 4.69) is 0 Å². The molecule has 0 atom stereocenters. The van der Waals surface area contributed by atoms with Crippen molar-refractivity contribution in [2.75, 3.05) is 0 Å². The van der Waals surface area contributed by atoms with Crippen molar-refractivity contribution in [2.24, 2.45) is 0 Å². The zero-order chi connectivity index (χ0) is 7.15. The van der Waals surface area contributed by atoms with Gasteiger partial charge in [-0.05, 0) is 0 Å². The fraction of sp³-hybridized carbons (Fsp3) is 0. The Balaban J connectivity index is -0.00000000308. The first-order valence-electron chi connectivity index (χ1n) is 1.41. The Bertz CT molecular complexity index is 35.2. The third-order valence-corrected chi connectivity index (χ3v) is 0. The third-order valence-electron chi connectivity index (χ3n) is 0. The Hall–Kier alpha value is 3.43. The van der Waals surface area contributed by atoms with Crippen molar-refractivity contribution in [1.29, 1.82) is 0 Å². The molecule has 0 aliphatic carbocycles. The van der Waals surface area contributed by atoms with Gasteiger partial charge in [-0.15, -0.1) is 0 Å². The molecular formula is H12B2Ca3O12. The van der Waals surface area contributed by atoms with Gasteiger partial charge in [-0.2, -0.15) is 0 Å². The van der Waals surface area contributed by atoms with Crippen LogP contribution >= 0.6 is 0 Å². The largest absolute Gasteiger partial charge is 2.00 e. The minimum absolute atomic E-state index is 0. The smallest absolute Gasteiger partial charge is 0.907 e. The monoisotopic (exact) mass is 346 g/mol. The second-order valence-corrected chi connectivity index (χ2v) is 0.577. The average molecular weight is 346 g/mol. The van der Waals surface area contributed by atoms with Crippen LogP contribution in [0, 0.1) is 0 Å². The van der Waals surface area contributed by atoms with Crippen LogP contribution in [0.5, 0.6) is 0 Å². The SMILES string of the molecule is O.O.O.O.O.O.[Ca+2].[Ca+2].[Ca+2].[O-]B([O-])[O-].[O-]B([O-])[O-]. The van der Waals surface area contributed by atoms with Gasteiger partial charge in [-0.3, -0.25) is 14.6 Å². The van der Waals surface area contributed by atoms with E-state index in [9.17, 15) is 0 Å². The molecule has 0 amide bonds. The molecule has 12 N–H and O–H groups in total. The first-order valence-corrected chi connectivity index (χ1v) is 1.41. The van der Waals surface area contributed by atoms with E-state index in [0.29, 0.717) is 0 Å². The Labute approximate surface area is 187 Å². The second-order valence-electron chi connectivity index (χ2n) is 0.577. The number of hydrogen-bond acceptors (Lipinski definition) is 6. The average Bonchev–Trinajstić information content (AvgIpc) is 1.25. The fourth-order valence-electron chi connectivity index (χ4n) is 0. The number of rotatable bonds is 0. The summed E-state index contributed by atoms with van der Waals surface area (Å²) in [6, 6.07) is 0. The topological polar surface area (TPSA) is 327 Å². The predicted molar refractivity (Wildman–Crippen MR) is 50.5 cm³/mol. The van der Waals surface area contributed by atoms with E-state index in [4.69, 9.17) is 30.1 Å². The van der Waals surface area contributed by atoms with Gasteiger partial charge in [-0.25, -0.2) is 0 Å². The Kier molecular flexibility index (Phi) is 379. The quantitative estimate of drug-likeness (QED) is 0.382. The molecular weight excluding hydrogens is 334 g/mol. The van der Waals surface area contributed by atoms with Crippen molar-refractivity contribution in [3.8, 4) is 0 Å². The molecule has 0 fully saturated rings. The standard InChI is InChI=1S/2BO3.3Ca.6H2O/c2*2-1(3)4;;;;;;;;;/h;;;;;6*1H2/q2*-3;3*+2;;;;;;. The number of hydrogen-bond donors (Lipinski definition) is 0. The summed E-state index contributed by atoms with van der Waals surface area (Å²) in [7, 11) is -5.83. The van der Waals surface area contributed by atoms with E-state index >= 15 is 0 Å². The molecule has 17 heteroatoms.